The van der Waals surface area contributed by atoms with Crippen LogP contribution in [0.1, 0.15) is 21.5 Å². The van der Waals surface area contributed by atoms with E-state index in [9.17, 15) is 4.79 Å². The fourth-order valence-electron chi connectivity index (χ4n) is 3.36. The zero-order chi connectivity index (χ0) is 21.3. The summed E-state index contributed by atoms with van der Waals surface area (Å²) < 4.78 is 10.2. The van der Waals surface area contributed by atoms with Gasteiger partial charge in [0.1, 0.15) is 0 Å². The van der Waals surface area contributed by atoms with Crippen molar-refractivity contribution >= 4 is 17.6 Å². The summed E-state index contributed by atoms with van der Waals surface area (Å²) in [4.78, 5) is 16.2. The Balaban J connectivity index is 1.65. The molecule has 0 amide bonds. The minimum atomic E-state index is -0.496. The zero-order valence-electron chi connectivity index (χ0n) is 16.8. The third-order valence-electron chi connectivity index (χ3n) is 4.97. The molecule has 150 valence electrons. The van der Waals surface area contributed by atoms with E-state index in [1.807, 2.05) is 24.3 Å². The molecule has 5 nitrogen and oxygen atoms in total. The van der Waals surface area contributed by atoms with Crippen molar-refractivity contribution in [3.05, 3.63) is 82.4 Å². The Morgan fingerprint density at radius 1 is 0.933 bits per heavy atom. The number of aryl methyl sites for hydroxylation is 2. The average Bonchev–Trinajstić information content (AvgIpc) is 3.24. The highest BCUT2D eigenvalue weighted by molar-refractivity contribution is 6.33. The molecule has 0 atom stereocenters. The summed E-state index contributed by atoms with van der Waals surface area (Å²) in [5.74, 6) is 0.311. The number of halogens is 1. The largest absolute Gasteiger partial charge is 0.465 e. The number of esters is 1. The van der Waals surface area contributed by atoms with Gasteiger partial charge in [0.25, 0.3) is 5.89 Å². The van der Waals surface area contributed by atoms with Gasteiger partial charge in [0.2, 0.25) is 5.82 Å². The Kier molecular flexibility index (Phi) is 5.38. The van der Waals surface area contributed by atoms with E-state index in [0.29, 0.717) is 17.3 Å². The first-order valence-electron chi connectivity index (χ1n) is 9.37. The van der Waals surface area contributed by atoms with Crippen LogP contribution in [-0.2, 0) is 4.74 Å². The van der Waals surface area contributed by atoms with Gasteiger partial charge < -0.3 is 9.26 Å². The van der Waals surface area contributed by atoms with E-state index in [4.69, 9.17) is 20.9 Å². The molecule has 1 aromatic heterocycles. The number of hydrogen-bond acceptors (Lipinski definition) is 5. The molecule has 1 heterocycles. The van der Waals surface area contributed by atoms with Crippen molar-refractivity contribution in [2.75, 3.05) is 7.11 Å². The molecule has 3 aromatic carbocycles. The molecule has 0 saturated carbocycles. The number of rotatable bonds is 4. The van der Waals surface area contributed by atoms with Crippen molar-refractivity contribution in [3.63, 3.8) is 0 Å². The van der Waals surface area contributed by atoms with E-state index in [0.717, 1.165) is 11.1 Å². The van der Waals surface area contributed by atoms with Crippen molar-refractivity contribution in [1.29, 1.82) is 0 Å². The number of carbonyl (C=O) groups is 1. The monoisotopic (exact) mass is 418 g/mol. The number of carbonyl (C=O) groups excluding carboxylic acids is 1. The summed E-state index contributed by atoms with van der Waals surface area (Å²) in [5.41, 5.74) is 6.48. The second-order valence-electron chi connectivity index (χ2n) is 6.95. The fraction of sp³-hybridized carbons (Fsp3) is 0.125. The summed E-state index contributed by atoms with van der Waals surface area (Å²) in [6.45, 7) is 4.16. The number of methoxy groups -OCH3 is 1. The van der Waals surface area contributed by atoms with Gasteiger partial charge in [-0.15, -0.1) is 0 Å². The van der Waals surface area contributed by atoms with Crippen LogP contribution >= 0.6 is 11.6 Å². The second-order valence-corrected chi connectivity index (χ2v) is 7.36. The summed E-state index contributed by atoms with van der Waals surface area (Å²) in [6, 6.07) is 19.3. The molecule has 0 aliphatic rings. The smallest absolute Gasteiger partial charge is 0.339 e. The molecule has 4 aromatic rings. The minimum absolute atomic E-state index is 0.268. The summed E-state index contributed by atoms with van der Waals surface area (Å²) >= 11 is 6.20. The maximum Gasteiger partial charge on any atom is 0.339 e. The van der Waals surface area contributed by atoms with Crippen LogP contribution in [0.25, 0.3) is 34.0 Å². The highest BCUT2D eigenvalue weighted by Gasteiger charge is 2.16. The Labute approximate surface area is 179 Å². The number of ether oxygens (including phenoxy) is 1. The van der Waals surface area contributed by atoms with Gasteiger partial charge in [0.15, 0.2) is 0 Å². The lowest BCUT2D eigenvalue weighted by Crippen LogP contribution is -2.01. The molecule has 0 aliphatic heterocycles. The lowest BCUT2D eigenvalue weighted by atomic mass is 9.95. The number of benzene rings is 3. The lowest BCUT2D eigenvalue weighted by molar-refractivity contribution is 0.0601. The summed E-state index contributed by atoms with van der Waals surface area (Å²) in [7, 11) is 1.31. The topological polar surface area (TPSA) is 65.2 Å². The zero-order valence-corrected chi connectivity index (χ0v) is 17.5. The molecule has 0 fully saturated rings. The Bertz CT molecular complexity index is 1250. The fourth-order valence-corrected chi connectivity index (χ4v) is 3.62. The third kappa shape index (κ3) is 3.72. The van der Waals surface area contributed by atoms with E-state index in [1.165, 1.54) is 23.8 Å². The summed E-state index contributed by atoms with van der Waals surface area (Å²) in [5, 5.41) is 4.33. The van der Waals surface area contributed by atoms with Gasteiger partial charge in [-0.2, -0.15) is 4.98 Å². The molecule has 0 radical (unpaired) electrons. The van der Waals surface area contributed by atoms with Crippen LogP contribution in [0.4, 0.5) is 0 Å². The maximum absolute atomic E-state index is 11.7. The van der Waals surface area contributed by atoms with Gasteiger partial charge in [-0.3, -0.25) is 0 Å². The van der Waals surface area contributed by atoms with E-state index in [1.54, 1.807) is 18.2 Å². The number of hydrogen-bond donors (Lipinski definition) is 0. The molecule has 0 saturated heterocycles. The van der Waals surface area contributed by atoms with Gasteiger partial charge in [0.05, 0.1) is 17.7 Å². The van der Waals surface area contributed by atoms with Gasteiger partial charge in [-0.25, -0.2) is 4.79 Å². The molecular formula is C24H19ClN2O3. The first-order valence-corrected chi connectivity index (χ1v) is 9.74. The molecule has 30 heavy (non-hydrogen) atoms. The van der Waals surface area contributed by atoms with Crippen molar-refractivity contribution < 1.29 is 14.1 Å². The van der Waals surface area contributed by atoms with Gasteiger partial charge in [-0.1, -0.05) is 53.2 Å². The Morgan fingerprint density at radius 2 is 1.67 bits per heavy atom. The van der Waals surface area contributed by atoms with Gasteiger partial charge in [0, 0.05) is 11.1 Å². The van der Waals surface area contributed by atoms with Crippen molar-refractivity contribution in [2.45, 2.75) is 13.8 Å². The first kappa shape index (κ1) is 19.9. The SMILES string of the molecule is COC(=O)c1ccc(-c2noc(-c3ccc(-c4ccccc4C)c(C)c3)n2)cc1Cl. The molecule has 4 rings (SSSR count). The minimum Gasteiger partial charge on any atom is -0.465 e. The van der Waals surface area contributed by atoms with Crippen LogP contribution in [0.3, 0.4) is 0 Å². The van der Waals surface area contributed by atoms with Crippen molar-refractivity contribution in [1.82, 2.24) is 10.1 Å². The van der Waals surface area contributed by atoms with Gasteiger partial charge >= 0.3 is 5.97 Å². The molecule has 0 N–H and O–H groups in total. The van der Waals surface area contributed by atoms with Gasteiger partial charge in [-0.05, 0) is 60.4 Å². The van der Waals surface area contributed by atoms with E-state index < -0.39 is 5.97 Å². The van der Waals surface area contributed by atoms with Crippen molar-refractivity contribution in [2.24, 2.45) is 0 Å². The molecule has 0 aliphatic carbocycles. The number of nitrogens with zero attached hydrogens (tertiary/aromatic N) is 2. The Morgan fingerprint density at radius 3 is 2.37 bits per heavy atom. The first-order chi connectivity index (χ1) is 14.5. The van der Waals surface area contributed by atoms with Crippen LogP contribution in [0.15, 0.2) is 65.2 Å². The molecule has 0 bridgehead atoms. The lowest BCUT2D eigenvalue weighted by Gasteiger charge is -2.10. The normalized spacial score (nSPS) is 10.8. The van der Waals surface area contributed by atoms with E-state index in [2.05, 4.69) is 42.2 Å². The third-order valence-corrected chi connectivity index (χ3v) is 5.28. The molecular weight excluding hydrogens is 400 g/mol. The highest BCUT2D eigenvalue weighted by atomic mass is 35.5. The second kappa shape index (κ2) is 8.13. The summed E-state index contributed by atoms with van der Waals surface area (Å²) in [6.07, 6.45) is 0. The average molecular weight is 419 g/mol. The molecule has 0 unspecified atom stereocenters. The molecule has 6 heteroatoms. The standard InChI is InChI=1S/C24H19ClN2O3/c1-14-6-4-5-7-18(14)19-10-9-17(12-15(19)2)23-26-22(27-30-23)16-8-11-20(21(25)13-16)24(28)29-3/h4-13H,1-3H3. The predicted molar refractivity (Wildman–Crippen MR) is 116 cm³/mol. The molecule has 0 spiro atoms. The van der Waals surface area contributed by atoms with Crippen LogP contribution < -0.4 is 0 Å². The van der Waals surface area contributed by atoms with Crippen LogP contribution in [0.2, 0.25) is 5.02 Å². The van der Waals surface area contributed by atoms with Crippen LogP contribution in [0, 0.1) is 13.8 Å². The number of aromatic nitrogens is 2. The van der Waals surface area contributed by atoms with E-state index in [-0.39, 0.29) is 10.6 Å². The van der Waals surface area contributed by atoms with Crippen LogP contribution in [-0.4, -0.2) is 23.2 Å². The maximum atomic E-state index is 11.7. The van der Waals surface area contributed by atoms with Crippen molar-refractivity contribution in [3.8, 4) is 34.0 Å². The van der Waals surface area contributed by atoms with E-state index >= 15 is 0 Å². The quantitative estimate of drug-likeness (QED) is 0.373. The highest BCUT2D eigenvalue weighted by Crippen LogP contribution is 2.31. The predicted octanol–water partition coefficient (Wildman–Crippen LogP) is 6.13. The Hall–Kier alpha value is -3.44. The van der Waals surface area contributed by atoms with Crippen LogP contribution in [0.5, 0.6) is 0 Å².